The number of halogens is 1. The van der Waals surface area contributed by atoms with Crippen molar-refractivity contribution in [3.8, 4) is 0 Å². The molecule has 15 heavy (non-hydrogen) atoms. The van der Waals surface area contributed by atoms with Gasteiger partial charge in [0.2, 0.25) is 0 Å². The maximum absolute atomic E-state index is 13.0. The van der Waals surface area contributed by atoms with Crippen LogP contribution in [0.5, 0.6) is 0 Å². The molecule has 0 spiro atoms. The van der Waals surface area contributed by atoms with Crippen LogP contribution in [0, 0.1) is 5.82 Å². The average molecular weight is 224 g/mol. The summed E-state index contributed by atoms with van der Waals surface area (Å²) in [6.45, 7) is 4.11. The molecule has 0 atom stereocenters. The third-order valence-corrected chi connectivity index (χ3v) is 3.87. The molecule has 80 valence electrons. The minimum Gasteiger partial charge on any atom is -0.309 e. The van der Waals surface area contributed by atoms with Crippen LogP contribution in [-0.4, -0.2) is 12.0 Å². The van der Waals surface area contributed by atoms with E-state index in [0.29, 0.717) is 0 Å². The molecule has 2 rings (SSSR count). The SMILES string of the molecule is CNC(C)(C)c1nc2cc(F)ccc2s1. The second-order valence-corrected chi connectivity index (χ2v) is 5.04. The zero-order chi connectivity index (χ0) is 11.1. The molecule has 2 aromatic rings. The summed E-state index contributed by atoms with van der Waals surface area (Å²) in [7, 11) is 1.90. The largest absolute Gasteiger partial charge is 0.309 e. The van der Waals surface area contributed by atoms with Crippen molar-refractivity contribution < 1.29 is 4.39 Å². The van der Waals surface area contributed by atoms with Gasteiger partial charge in [0.1, 0.15) is 10.8 Å². The van der Waals surface area contributed by atoms with Crippen molar-refractivity contribution in [3.63, 3.8) is 0 Å². The first-order valence-electron chi connectivity index (χ1n) is 4.78. The number of thiazole rings is 1. The van der Waals surface area contributed by atoms with Crippen molar-refractivity contribution in [2.24, 2.45) is 0 Å². The number of hydrogen-bond acceptors (Lipinski definition) is 3. The highest BCUT2D eigenvalue weighted by molar-refractivity contribution is 7.18. The van der Waals surface area contributed by atoms with Crippen molar-refractivity contribution in [3.05, 3.63) is 29.0 Å². The molecule has 0 unspecified atom stereocenters. The standard InChI is InChI=1S/C11H13FN2S/c1-11(2,13-3)10-14-8-6-7(12)4-5-9(8)15-10/h4-6,13H,1-3H3. The molecule has 4 heteroatoms. The fourth-order valence-corrected chi connectivity index (χ4v) is 2.33. The highest BCUT2D eigenvalue weighted by Crippen LogP contribution is 2.29. The molecular formula is C11H13FN2S. The Kier molecular flexibility index (Phi) is 2.48. The molecule has 1 aromatic heterocycles. The maximum atomic E-state index is 13.0. The van der Waals surface area contributed by atoms with Crippen molar-refractivity contribution in [1.82, 2.24) is 10.3 Å². The third kappa shape index (κ3) is 1.87. The van der Waals surface area contributed by atoms with Crippen LogP contribution in [0.25, 0.3) is 10.2 Å². The maximum Gasteiger partial charge on any atom is 0.125 e. The van der Waals surface area contributed by atoms with Gasteiger partial charge in [-0.15, -0.1) is 11.3 Å². The van der Waals surface area contributed by atoms with Crippen molar-refractivity contribution in [1.29, 1.82) is 0 Å². The lowest BCUT2D eigenvalue weighted by Gasteiger charge is -2.20. The molecule has 0 aliphatic carbocycles. The van der Waals surface area contributed by atoms with E-state index in [0.717, 1.165) is 15.2 Å². The fourth-order valence-electron chi connectivity index (χ4n) is 1.27. The smallest absolute Gasteiger partial charge is 0.125 e. The number of benzene rings is 1. The number of aromatic nitrogens is 1. The Bertz CT molecular complexity index is 490. The first kappa shape index (κ1) is 10.5. The van der Waals surface area contributed by atoms with Crippen LogP contribution in [0.1, 0.15) is 18.9 Å². The average Bonchev–Trinajstić information content (AvgIpc) is 2.61. The lowest BCUT2D eigenvalue weighted by molar-refractivity contribution is 0.443. The molecule has 0 fully saturated rings. The van der Waals surface area contributed by atoms with E-state index in [1.165, 1.54) is 12.1 Å². The molecule has 1 heterocycles. The van der Waals surface area contributed by atoms with Gasteiger partial charge < -0.3 is 5.32 Å². The lowest BCUT2D eigenvalue weighted by atomic mass is 10.1. The summed E-state index contributed by atoms with van der Waals surface area (Å²) < 4.78 is 14.0. The number of hydrogen-bond donors (Lipinski definition) is 1. The monoisotopic (exact) mass is 224 g/mol. The van der Waals surface area contributed by atoms with Crippen LogP contribution >= 0.6 is 11.3 Å². The third-order valence-electron chi connectivity index (χ3n) is 2.51. The Labute approximate surface area is 92.1 Å². The Balaban J connectivity index is 2.56. The van der Waals surface area contributed by atoms with Crippen LogP contribution < -0.4 is 5.32 Å². The Hall–Kier alpha value is -1.00. The van der Waals surface area contributed by atoms with E-state index in [4.69, 9.17) is 0 Å². The molecule has 2 nitrogen and oxygen atoms in total. The highest BCUT2D eigenvalue weighted by atomic mass is 32.1. The number of fused-ring (bicyclic) bond motifs is 1. The second-order valence-electron chi connectivity index (χ2n) is 4.01. The van der Waals surface area contributed by atoms with Crippen molar-refractivity contribution >= 4 is 21.6 Å². The molecule has 1 N–H and O–H groups in total. The van der Waals surface area contributed by atoms with Crippen molar-refractivity contribution in [2.75, 3.05) is 7.05 Å². The van der Waals surface area contributed by atoms with Crippen LogP contribution in [-0.2, 0) is 5.54 Å². The molecule has 0 amide bonds. The predicted octanol–water partition coefficient (Wildman–Crippen LogP) is 2.89. The summed E-state index contributed by atoms with van der Waals surface area (Å²) in [6, 6.07) is 4.72. The van der Waals surface area contributed by atoms with E-state index in [2.05, 4.69) is 24.1 Å². The van der Waals surface area contributed by atoms with Crippen LogP contribution in [0.15, 0.2) is 18.2 Å². The van der Waals surface area contributed by atoms with Gasteiger partial charge in [-0.1, -0.05) is 0 Å². The summed E-state index contributed by atoms with van der Waals surface area (Å²) in [5, 5.41) is 4.16. The van der Waals surface area contributed by atoms with E-state index < -0.39 is 0 Å². The zero-order valence-corrected chi connectivity index (χ0v) is 9.78. The second kappa shape index (κ2) is 3.54. The lowest BCUT2D eigenvalue weighted by Crippen LogP contribution is -2.32. The van der Waals surface area contributed by atoms with E-state index in [-0.39, 0.29) is 11.4 Å². The van der Waals surface area contributed by atoms with Crippen molar-refractivity contribution in [2.45, 2.75) is 19.4 Å². The molecule has 0 aliphatic heterocycles. The van der Waals surface area contributed by atoms with Gasteiger partial charge in [0, 0.05) is 6.07 Å². The Morgan fingerprint density at radius 2 is 2.13 bits per heavy atom. The zero-order valence-electron chi connectivity index (χ0n) is 8.97. The number of rotatable bonds is 2. The number of nitrogens with one attached hydrogen (secondary N) is 1. The van der Waals surface area contributed by atoms with E-state index in [9.17, 15) is 4.39 Å². The van der Waals surface area contributed by atoms with Crippen LogP contribution in [0.2, 0.25) is 0 Å². The van der Waals surface area contributed by atoms with Gasteiger partial charge in [0.25, 0.3) is 0 Å². The normalized spacial score (nSPS) is 12.3. The van der Waals surface area contributed by atoms with Gasteiger partial charge in [-0.25, -0.2) is 9.37 Å². The minimum absolute atomic E-state index is 0.167. The molecule has 0 saturated carbocycles. The number of nitrogens with zero attached hydrogens (tertiary/aromatic N) is 1. The van der Waals surface area contributed by atoms with Gasteiger partial charge in [-0.05, 0) is 33.0 Å². The van der Waals surface area contributed by atoms with E-state index >= 15 is 0 Å². The summed E-state index contributed by atoms with van der Waals surface area (Å²) in [5.74, 6) is -0.235. The summed E-state index contributed by atoms with van der Waals surface area (Å²) in [5.41, 5.74) is 0.568. The van der Waals surface area contributed by atoms with Gasteiger partial charge in [0.05, 0.1) is 15.8 Å². The van der Waals surface area contributed by atoms with Gasteiger partial charge in [0.15, 0.2) is 0 Å². The molecule has 0 bridgehead atoms. The van der Waals surface area contributed by atoms with Crippen LogP contribution in [0.4, 0.5) is 4.39 Å². The molecule has 0 radical (unpaired) electrons. The van der Waals surface area contributed by atoms with Crippen LogP contribution in [0.3, 0.4) is 0 Å². The Morgan fingerprint density at radius 1 is 1.40 bits per heavy atom. The molecule has 0 saturated heterocycles. The van der Waals surface area contributed by atoms with Gasteiger partial charge in [-0.2, -0.15) is 0 Å². The first-order chi connectivity index (χ1) is 7.03. The summed E-state index contributed by atoms with van der Waals surface area (Å²) in [4.78, 5) is 4.43. The molecule has 1 aromatic carbocycles. The summed E-state index contributed by atoms with van der Waals surface area (Å²) >= 11 is 1.60. The molecular weight excluding hydrogens is 211 g/mol. The van der Waals surface area contributed by atoms with Gasteiger partial charge >= 0.3 is 0 Å². The Morgan fingerprint density at radius 3 is 2.80 bits per heavy atom. The topological polar surface area (TPSA) is 24.9 Å². The summed E-state index contributed by atoms with van der Waals surface area (Å²) in [6.07, 6.45) is 0. The first-order valence-corrected chi connectivity index (χ1v) is 5.60. The minimum atomic E-state index is -0.235. The van der Waals surface area contributed by atoms with E-state index in [1.807, 2.05) is 7.05 Å². The van der Waals surface area contributed by atoms with Gasteiger partial charge in [-0.3, -0.25) is 0 Å². The van der Waals surface area contributed by atoms with E-state index in [1.54, 1.807) is 17.4 Å². The quantitative estimate of drug-likeness (QED) is 0.848. The fraction of sp³-hybridized carbons (Fsp3) is 0.364. The predicted molar refractivity (Wildman–Crippen MR) is 61.7 cm³/mol. The molecule has 0 aliphatic rings. The highest BCUT2D eigenvalue weighted by Gasteiger charge is 2.22.